The van der Waals surface area contributed by atoms with Crippen LogP contribution in [0.2, 0.25) is 0 Å². The van der Waals surface area contributed by atoms with Crippen molar-refractivity contribution in [2.24, 2.45) is 0 Å². The minimum atomic E-state index is -3.53. The van der Waals surface area contributed by atoms with Crippen LogP contribution in [0.15, 0.2) is 36.7 Å². The summed E-state index contributed by atoms with van der Waals surface area (Å²) in [4.78, 5) is 0. The maximum absolute atomic E-state index is 12.3. The molecule has 7 heteroatoms. The number of benzene rings is 1. The largest absolute Gasteiger partial charge is 0.278 e. The quantitative estimate of drug-likeness (QED) is 0.776. The molecular formula is C12H11Br2NO2S2. The smallest absolute Gasteiger partial charge is 0.271 e. The molecule has 0 saturated heterocycles. The van der Waals surface area contributed by atoms with Crippen molar-refractivity contribution in [1.82, 2.24) is 0 Å². The van der Waals surface area contributed by atoms with Crippen LogP contribution in [0.4, 0.5) is 5.69 Å². The summed E-state index contributed by atoms with van der Waals surface area (Å²) < 4.78 is 29.2. The molecule has 19 heavy (non-hydrogen) atoms. The normalized spacial score (nSPS) is 11.6. The first kappa shape index (κ1) is 15.0. The molecule has 0 saturated carbocycles. The fourth-order valence-electron chi connectivity index (χ4n) is 1.70. The van der Waals surface area contributed by atoms with E-state index in [9.17, 15) is 8.42 Å². The highest BCUT2D eigenvalue weighted by atomic mass is 79.9. The van der Waals surface area contributed by atoms with Gasteiger partial charge in [-0.1, -0.05) is 15.9 Å². The Bertz CT molecular complexity index is 700. The summed E-state index contributed by atoms with van der Waals surface area (Å²) in [5, 5.41) is 0. The molecule has 102 valence electrons. The molecule has 0 atom stereocenters. The fraction of sp³-hybridized carbons (Fsp3) is 0.167. The van der Waals surface area contributed by atoms with Crippen LogP contribution in [0.5, 0.6) is 0 Å². The molecule has 1 N–H and O–H groups in total. The van der Waals surface area contributed by atoms with E-state index in [-0.39, 0.29) is 0 Å². The van der Waals surface area contributed by atoms with E-state index in [2.05, 4.69) is 36.6 Å². The van der Waals surface area contributed by atoms with E-state index in [1.54, 1.807) is 12.1 Å². The Hall–Kier alpha value is -0.370. The first-order valence-electron chi connectivity index (χ1n) is 5.34. The number of sulfonamides is 1. The molecule has 0 amide bonds. The van der Waals surface area contributed by atoms with Gasteiger partial charge in [-0.05, 0) is 65.2 Å². The molecule has 0 fully saturated rings. The van der Waals surface area contributed by atoms with Crippen LogP contribution in [0.3, 0.4) is 0 Å². The second-order valence-electron chi connectivity index (χ2n) is 4.08. The summed E-state index contributed by atoms with van der Waals surface area (Å²) in [6, 6.07) is 7.07. The lowest BCUT2D eigenvalue weighted by molar-refractivity contribution is 0.603. The summed E-state index contributed by atoms with van der Waals surface area (Å²) in [5.41, 5.74) is 2.39. The molecule has 0 bridgehead atoms. The van der Waals surface area contributed by atoms with Crippen LogP contribution < -0.4 is 4.72 Å². The summed E-state index contributed by atoms with van der Waals surface area (Å²) in [5.74, 6) is 0. The highest BCUT2D eigenvalue weighted by Crippen LogP contribution is 2.30. The Morgan fingerprint density at radius 2 is 1.68 bits per heavy atom. The lowest BCUT2D eigenvalue weighted by atomic mass is 10.1. The van der Waals surface area contributed by atoms with E-state index < -0.39 is 10.0 Å². The molecule has 1 aromatic heterocycles. The predicted molar refractivity (Wildman–Crippen MR) is 86.4 cm³/mol. The molecule has 0 radical (unpaired) electrons. The van der Waals surface area contributed by atoms with Crippen LogP contribution in [0.1, 0.15) is 11.1 Å². The van der Waals surface area contributed by atoms with Gasteiger partial charge in [0.1, 0.15) is 4.21 Å². The second-order valence-corrected chi connectivity index (χ2v) is 9.37. The van der Waals surface area contributed by atoms with Gasteiger partial charge in [0, 0.05) is 4.47 Å². The molecule has 1 heterocycles. The van der Waals surface area contributed by atoms with Gasteiger partial charge >= 0.3 is 0 Å². The number of nitrogens with one attached hydrogen (secondary N) is 1. The topological polar surface area (TPSA) is 46.2 Å². The molecule has 0 unspecified atom stereocenters. The number of rotatable bonds is 3. The zero-order valence-corrected chi connectivity index (χ0v) is 15.0. The SMILES string of the molecule is Cc1cc(Br)cc(C)c1NS(=O)(=O)c1ccc(Br)s1. The van der Waals surface area contributed by atoms with E-state index in [1.807, 2.05) is 26.0 Å². The second kappa shape index (κ2) is 5.55. The maximum atomic E-state index is 12.3. The first-order valence-corrected chi connectivity index (χ1v) is 9.23. The molecule has 1 aromatic carbocycles. The van der Waals surface area contributed by atoms with Gasteiger partial charge in [-0.3, -0.25) is 4.72 Å². The zero-order chi connectivity index (χ0) is 14.2. The summed E-state index contributed by atoms with van der Waals surface area (Å²) >= 11 is 7.85. The standard InChI is InChI=1S/C12H11Br2NO2S2/c1-7-5-9(13)6-8(2)12(7)15-19(16,17)11-4-3-10(14)18-11/h3-6,15H,1-2H3. The van der Waals surface area contributed by atoms with E-state index in [4.69, 9.17) is 0 Å². The lowest BCUT2D eigenvalue weighted by Gasteiger charge is -2.12. The average molecular weight is 425 g/mol. The van der Waals surface area contributed by atoms with Crippen LogP contribution in [0.25, 0.3) is 0 Å². The van der Waals surface area contributed by atoms with Gasteiger partial charge in [0.2, 0.25) is 0 Å². The highest BCUT2D eigenvalue weighted by Gasteiger charge is 2.18. The van der Waals surface area contributed by atoms with Gasteiger partial charge in [-0.2, -0.15) is 0 Å². The third-order valence-electron chi connectivity index (χ3n) is 2.55. The van der Waals surface area contributed by atoms with Gasteiger partial charge < -0.3 is 0 Å². The monoisotopic (exact) mass is 423 g/mol. The molecule has 0 aliphatic rings. The minimum Gasteiger partial charge on any atom is -0.278 e. The van der Waals surface area contributed by atoms with Gasteiger partial charge in [-0.25, -0.2) is 8.42 Å². The summed E-state index contributed by atoms with van der Waals surface area (Å²) in [6.45, 7) is 3.75. The Labute approximate surface area is 133 Å². The van der Waals surface area contributed by atoms with Crippen LogP contribution in [-0.4, -0.2) is 8.42 Å². The summed E-state index contributed by atoms with van der Waals surface area (Å²) in [7, 11) is -3.53. The Morgan fingerprint density at radius 1 is 1.11 bits per heavy atom. The Balaban J connectivity index is 2.41. The number of aryl methyl sites for hydroxylation is 2. The first-order chi connectivity index (χ1) is 8.79. The number of anilines is 1. The molecule has 0 aliphatic carbocycles. The van der Waals surface area contributed by atoms with E-state index in [1.165, 1.54) is 11.3 Å². The van der Waals surface area contributed by atoms with Crippen molar-refractivity contribution in [3.05, 3.63) is 43.7 Å². The number of halogens is 2. The number of thiophene rings is 1. The zero-order valence-electron chi connectivity index (χ0n) is 10.2. The van der Waals surface area contributed by atoms with Gasteiger partial charge in [0.15, 0.2) is 0 Å². The third kappa shape index (κ3) is 3.39. The number of hydrogen-bond donors (Lipinski definition) is 1. The van der Waals surface area contributed by atoms with Crippen molar-refractivity contribution in [1.29, 1.82) is 0 Å². The maximum Gasteiger partial charge on any atom is 0.271 e. The van der Waals surface area contributed by atoms with Crippen LogP contribution in [-0.2, 0) is 10.0 Å². The molecule has 0 spiro atoms. The molecule has 3 nitrogen and oxygen atoms in total. The van der Waals surface area contributed by atoms with Crippen molar-refractivity contribution in [3.8, 4) is 0 Å². The van der Waals surface area contributed by atoms with Gasteiger partial charge in [0.25, 0.3) is 10.0 Å². The fourth-order valence-corrected chi connectivity index (χ4v) is 5.60. The minimum absolute atomic E-state index is 0.293. The van der Waals surface area contributed by atoms with Crippen LogP contribution >= 0.6 is 43.2 Å². The molecule has 2 rings (SSSR count). The third-order valence-corrected chi connectivity index (χ3v) is 6.47. The van der Waals surface area contributed by atoms with E-state index in [0.717, 1.165) is 19.4 Å². The van der Waals surface area contributed by atoms with Crippen molar-refractivity contribution < 1.29 is 8.42 Å². The van der Waals surface area contributed by atoms with Gasteiger partial charge in [0.05, 0.1) is 9.47 Å². The van der Waals surface area contributed by atoms with Crippen molar-refractivity contribution in [3.63, 3.8) is 0 Å². The molecular weight excluding hydrogens is 414 g/mol. The van der Waals surface area contributed by atoms with Gasteiger partial charge in [-0.15, -0.1) is 11.3 Å². The number of hydrogen-bond acceptors (Lipinski definition) is 3. The molecule has 0 aliphatic heterocycles. The van der Waals surface area contributed by atoms with Crippen molar-refractivity contribution >= 4 is 58.9 Å². The molecule has 2 aromatic rings. The van der Waals surface area contributed by atoms with Crippen molar-refractivity contribution in [2.45, 2.75) is 18.1 Å². The summed E-state index contributed by atoms with van der Waals surface area (Å²) in [6.07, 6.45) is 0. The van der Waals surface area contributed by atoms with E-state index in [0.29, 0.717) is 9.90 Å². The Kier molecular flexibility index (Phi) is 4.39. The van der Waals surface area contributed by atoms with E-state index >= 15 is 0 Å². The van der Waals surface area contributed by atoms with Crippen molar-refractivity contribution in [2.75, 3.05) is 4.72 Å². The highest BCUT2D eigenvalue weighted by molar-refractivity contribution is 9.11. The predicted octanol–water partition coefficient (Wildman–Crippen LogP) is 4.69. The average Bonchev–Trinajstić information content (AvgIpc) is 2.71. The van der Waals surface area contributed by atoms with Crippen LogP contribution in [0, 0.1) is 13.8 Å². The lowest BCUT2D eigenvalue weighted by Crippen LogP contribution is -2.13. The Morgan fingerprint density at radius 3 is 2.16 bits per heavy atom.